The molecule has 0 aromatic heterocycles. The van der Waals surface area contributed by atoms with Crippen LogP contribution in [0.5, 0.6) is 0 Å². The summed E-state index contributed by atoms with van der Waals surface area (Å²) >= 11 is 0. The molecule has 3 saturated carbocycles. The molecule has 5 heteroatoms. The predicted octanol–water partition coefficient (Wildman–Crippen LogP) is 4.57. The van der Waals surface area contributed by atoms with Crippen LogP contribution in [0.1, 0.15) is 78.6 Å². The molecule has 0 aromatic carbocycles. The first-order valence-electron chi connectivity index (χ1n) is 14.8. The Bertz CT molecular complexity index is 845. The summed E-state index contributed by atoms with van der Waals surface area (Å²) in [7, 11) is 2.23. The fourth-order valence-electron chi connectivity index (χ4n) is 9.91. The summed E-state index contributed by atoms with van der Waals surface area (Å²) in [5, 5.41) is 0. The van der Waals surface area contributed by atoms with Gasteiger partial charge in [-0.25, -0.2) is 0 Å². The summed E-state index contributed by atoms with van der Waals surface area (Å²) in [6.45, 7) is 13.9. The van der Waals surface area contributed by atoms with Crippen molar-refractivity contribution in [2.75, 3.05) is 46.3 Å². The van der Waals surface area contributed by atoms with Gasteiger partial charge in [-0.15, -0.1) is 0 Å². The molecule has 196 valence electrons. The van der Waals surface area contributed by atoms with Crippen molar-refractivity contribution in [3.63, 3.8) is 0 Å². The highest BCUT2D eigenvalue weighted by molar-refractivity contribution is 5.66. The van der Waals surface area contributed by atoms with Crippen molar-refractivity contribution in [3.05, 3.63) is 11.6 Å². The maximum Gasteiger partial charge on any atom is 0.302 e. The Labute approximate surface area is 213 Å². The molecule has 8 atom stereocenters. The van der Waals surface area contributed by atoms with E-state index in [0.717, 1.165) is 44.1 Å². The highest BCUT2D eigenvalue weighted by Gasteiger charge is 2.63. The van der Waals surface area contributed by atoms with Crippen molar-refractivity contribution in [1.29, 1.82) is 0 Å². The Balaban J connectivity index is 1.25. The molecule has 6 aliphatic rings. The third-order valence-corrected chi connectivity index (χ3v) is 12.0. The van der Waals surface area contributed by atoms with Crippen LogP contribution in [-0.4, -0.2) is 85.2 Å². The topological polar surface area (TPSA) is 36.0 Å². The van der Waals surface area contributed by atoms with E-state index in [9.17, 15) is 4.79 Å². The molecule has 35 heavy (non-hydrogen) atoms. The minimum atomic E-state index is -0.0869. The fraction of sp³-hybridized carbons (Fsp3) is 0.900. The van der Waals surface area contributed by atoms with Gasteiger partial charge in [0.15, 0.2) is 0 Å². The molecule has 2 heterocycles. The maximum absolute atomic E-state index is 12.3. The van der Waals surface area contributed by atoms with Gasteiger partial charge in [-0.05, 0) is 101 Å². The van der Waals surface area contributed by atoms with E-state index in [1.54, 1.807) is 12.5 Å². The molecule has 0 spiro atoms. The second kappa shape index (κ2) is 9.13. The summed E-state index contributed by atoms with van der Waals surface area (Å²) < 4.78 is 6.24. The lowest BCUT2D eigenvalue weighted by atomic mass is 9.48. The molecule has 0 aromatic rings. The average molecular weight is 484 g/mol. The first kappa shape index (κ1) is 24.4. The van der Waals surface area contributed by atoms with Crippen molar-refractivity contribution in [2.24, 2.45) is 28.6 Å². The number of likely N-dealkylation sites (N-methyl/N-ethyl adjacent to an activating group) is 1. The zero-order chi connectivity index (χ0) is 24.4. The van der Waals surface area contributed by atoms with Crippen LogP contribution in [0.2, 0.25) is 0 Å². The van der Waals surface area contributed by atoms with E-state index in [4.69, 9.17) is 4.74 Å². The number of fused-ring (bicyclic) bond motifs is 5. The van der Waals surface area contributed by atoms with Crippen molar-refractivity contribution < 1.29 is 9.53 Å². The second-order valence-corrected chi connectivity index (χ2v) is 13.6. The largest absolute Gasteiger partial charge is 0.460 e. The smallest absolute Gasteiger partial charge is 0.302 e. The SMILES string of the molecule is CC(=O)O[C@H]1[C@@H](N2CCN(C)CC2)C[C@H]2[C@@H]3CC=C4C[C@@H](N5CCCC5)CC[C@]4(C)[C@H]3CC[C@@]21C. The lowest BCUT2D eigenvalue weighted by Crippen LogP contribution is -2.55. The van der Waals surface area contributed by atoms with Gasteiger partial charge in [-0.1, -0.05) is 25.5 Å². The van der Waals surface area contributed by atoms with E-state index in [2.05, 4.69) is 41.7 Å². The molecule has 5 fully saturated rings. The number of hydrogen-bond acceptors (Lipinski definition) is 5. The van der Waals surface area contributed by atoms with Crippen LogP contribution in [0.4, 0.5) is 0 Å². The third kappa shape index (κ3) is 4.03. The Morgan fingerprint density at radius 1 is 0.971 bits per heavy atom. The maximum atomic E-state index is 12.3. The zero-order valence-corrected chi connectivity index (χ0v) is 22.8. The first-order valence-corrected chi connectivity index (χ1v) is 14.8. The molecule has 5 nitrogen and oxygen atoms in total. The predicted molar refractivity (Wildman–Crippen MR) is 140 cm³/mol. The number of piperazine rings is 1. The van der Waals surface area contributed by atoms with E-state index >= 15 is 0 Å². The van der Waals surface area contributed by atoms with Gasteiger partial charge in [-0.3, -0.25) is 9.69 Å². The van der Waals surface area contributed by atoms with E-state index in [1.807, 2.05) is 0 Å². The van der Waals surface area contributed by atoms with Gasteiger partial charge in [0.2, 0.25) is 0 Å². The van der Waals surface area contributed by atoms with Crippen molar-refractivity contribution in [3.8, 4) is 0 Å². The van der Waals surface area contributed by atoms with Crippen LogP contribution in [0.25, 0.3) is 0 Å². The summed E-state index contributed by atoms with van der Waals surface area (Å²) in [6, 6.07) is 1.19. The Morgan fingerprint density at radius 2 is 1.71 bits per heavy atom. The Kier molecular flexibility index (Phi) is 6.37. The summed E-state index contributed by atoms with van der Waals surface area (Å²) in [5.41, 5.74) is 2.31. The molecular formula is C30H49N3O2. The zero-order valence-electron chi connectivity index (χ0n) is 22.8. The van der Waals surface area contributed by atoms with Gasteiger partial charge in [-0.2, -0.15) is 0 Å². The van der Waals surface area contributed by atoms with E-state index < -0.39 is 0 Å². The number of carbonyl (C=O) groups is 1. The number of carbonyl (C=O) groups excluding carboxylic acids is 1. The number of rotatable bonds is 3. The molecular weight excluding hydrogens is 434 g/mol. The first-order chi connectivity index (χ1) is 16.8. The Hall–Kier alpha value is -0.910. The van der Waals surface area contributed by atoms with Crippen molar-refractivity contribution in [1.82, 2.24) is 14.7 Å². The molecule has 4 aliphatic carbocycles. The van der Waals surface area contributed by atoms with Crippen molar-refractivity contribution in [2.45, 2.75) is 96.7 Å². The normalized spacial score (nSPS) is 47.0. The molecule has 2 aliphatic heterocycles. The van der Waals surface area contributed by atoms with Crippen LogP contribution in [0, 0.1) is 28.6 Å². The molecule has 6 rings (SSSR count). The van der Waals surface area contributed by atoms with Gasteiger partial charge in [0.1, 0.15) is 6.10 Å². The molecule has 0 unspecified atom stereocenters. The highest BCUT2D eigenvalue weighted by Crippen LogP contribution is 2.66. The molecule has 2 saturated heterocycles. The summed E-state index contributed by atoms with van der Waals surface area (Å²) in [5.74, 6) is 2.14. The van der Waals surface area contributed by atoms with Crippen LogP contribution >= 0.6 is 0 Å². The average Bonchev–Trinajstić information content (AvgIpc) is 3.46. The highest BCUT2D eigenvalue weighted by atomic mass is 16.5. The molecule has 0 bridgehead atoms. The number of esters is 1. The number of nitrogens with zero attached hydrogens (tertiary/aromatic N) is 3. The second-order valence-electron chi connectivity index (χ2n) is 13.6. The Morgan fingerprint density at radius 3 is 2.43 bits per heavy atom. The van der Waals surface area contributed by atoms with Crippen LogP contribution < -0.4 is 0 Å². The minimum absolute atomic E-state index is 0.0541. The van der Waals surface area contributed by atoms with Gasteiger partial charge in [0.25, 0.3) is 0 Å². The summed E-state index contributed by atoms with van der Waals surface area (Å²) in [6.07, 6.45) is 14.6. The number of allylic oxidation sites excluding steroid dienone is 1. The molecule has 0 N–H and O–H groups in total. The van der Waals surface area contributed by atoms with Gasteiger partial charge >= 0.3 is 5.97 Å². The number of likely N-dealkylation sites (tertiary alicyclic amines) is 1. The van der Waals surface area contributed by atoms with E-state index in [0.29, 0.717) is 17.4 Å². The van der Waals surface area contributed by atoms with Crippen LogP contribution in [0.15, 0.2) is 11.6 Å². The van der Waals surface area contributed by atoms with Crippen LogP contribution in [0.3, 0.4) is 0 Å². The third-order valence-electron chi connectivity index (χ3n) is 12.0. The molecule has 0 amide bonds. The number of hydrogen-bond donors (Lipinski definition) is 0. The minimum Gasteiger partial charge on any atom is -0.460 e. The van der Waals surface area contributed by atoms with Crippen LogP contribution in [-0.2, 0) is 9.53 Å². The van der Waals surface area contributed by atoms with E-state index in [1.165, 1.54) is 70.9 Å². The number of ether oxygens (including phenoxy) is 1. The van der Waals surface area contributed by atoms with Gasteiger partial charge in [0, 0.05) is 50.6 Å². The van der Waals surface area contributed by atoms with E-state index in [-0.39, 0.29) is 17.5 Å². The fourth-order valence-corrected chi connectivity index (χ4v) is 9.91. The quantitative estimate of drug-likeness (QED) is 0.434. The molecule has 0 radical (unpaired) electrons. The lowest BCUT2D eigenvalue weighted by molar-refractivity contribution is -0.161. The van der Waals surface area contributed by atoms with Gasteiger partial charge in [0.05, 0.1) is 0 Å². The standard InChI is InChI=1S/C30H49N3O2/c1-21(34)35-28-27(33-17-15-31(4)16-18-33)20-26-24-8-7-22-19-23(32-13-5-6-14-32)9-11-29(22,2)25(24)10-12-30(26,28)3/h7,23-28H,5-6,8-20H2,1-4H3/t23-,24+,25-,26-,27-,28-,29-,30-/m0/s1. The summed E-state index contributed by atoms with van der Waals surface area (Å²) in [4.78, 5) is 20.2. The van der Waals surface area contributed by atoms with Crippen molar-refractivity contribution >= 4 is 5.97 Å². The lowest BCUT2D eigenvalue weighted by Gasteiger charge is -2.58. The van der Waals surface area contributed by atoms with Gasteiger partial charge < -0.3 is 14.5 Å². The monoisotopic (exact) mass is 483 g/mol.